The number of ketones is 2. The number of Topliss-reactive ketones (excluding diaryl/α,β-unsaturated/α-hetero) is 2. The Morgan fingerprint density at radius 2 is 1.82 bits per heavy atom. The normalized spacial score (nSPS) is 32.7. The first-order chi connectivity index (χ1) is 10.4. The monoisotopic (exact) mass is 363 g/mol. The fraction of sp³-hybridized carbons (Fsp3) is 0.467. The SMILES string of the molecule is CC1(C)OC2C(=O)c3ccccc3C(=O)C2[C@@H](N=[N+]=[N-])[C@@H]1Br. The third-order valence-corrected chi connectivity index (χ3v) is 5.94. The van der Waals surface area contributed by atoms with Crippen LogP contribution in [0, 0.1) is 5.92 Å². The van der Waals surface area contributed by atoms with Gasteiger partial charge in [-0.25, -0.2) is 0 Å². The van der Waals surface area contributed by atoms with Gasteiger partial charge in [-0.3, -0.25) is 9.59 Å². The number of hydrogen-bond donors (Lipinski definition) is 0. The van der Waals surface area contributed by atoms with Crippen LogP contribution in [-0.2, 0) is 4.74 Å². The predicted octanol–water partition coefficient (Wildman–Crippen LogP) is 3.30. The predicted molar refractivity (Wildman–Crippen MR) is 83.2 cm³/mol. The molecule has 1 fully saturated rings. The summed E-state index contributed by atoms with van der Waals surface area (Å²) < 4.78 is 5.91. The Labute approximate surface area is 135 Å². The standard InChI is InChI=1S/C15H14BrN3O3/c1-15(2)14(16)10(18-19-17)9-11(20)7-5-3-4-6-8(7)12(21)13(9)22-15/h3-6,9-10,13-14H,1-2H3/t9?,10-,13?,14+/m1/s1. The molecule has 2 unspecified atom stereocenters. The van der Waals surface area contributed by atoms with Crippen LogP contribution in [0.1, 0.15) is 34.6 Å². The van der Waals surface area contributed by atoms with Gasteiger partial charge in [0.15, 0.2) is 11.6 Å². The first kappa shape index (κ1) is 15.2. The van der Waals surface area contributed by atoms with E-state index >= 15 is 0 Å². The number of carbonyl (C=O) groups is 2. The third-order valence-electron chi connectivity index (χ3n) is 4.29. The average molecular weight is 364 g/mol. The number of ether oxygens (including phenoxy) is 1. The molecule has 0 saturated carbocycles. The molecule has 1 saturated heterocycles. The number of nitrogens with zero attached hydrogens (tertiary/aromatic N) is 3. The minimum absolute atomic E-state index is 0.211. The van der Waals surface area contributed by atoms with Crippen molar-refractivity contribution in [3.05, 3.63) is 45.8 Å². The summed E-state index contributed by atoms with van der Waals surface area (Å²) in [5.41, 5.74) is 8.85. The lowest BCUT2D eigenvalue weighted by Gasteiger charge is -2.48. The molecule has 1 aromatic rings. The zero-order chi connectivity index (χ0) is 16.1. The van der Waals surface area contributed by atoms with E-state index in [2.05, 4.69) is 26.0 Å². The number of fused-ring (bicyclic) bond motifs is 2. The minimum atomic E-state index is -0.915. The molecule has 3 rings (SSSR count). The molecule has 7 heteroatoms. The van der Waals surface area contributed by atoms with E-state index in [1.54, 1.807) is 38.1 Å². The number of alkyl halides is 1. The first-order valence-electron chi connectivity index (χ1n) is 6.92. The first-order valence-corrected chi connectivity index (χ1v) is 7.83. The van der Waals surface area contributed by atoms with Gasteiger partial charge >= 0.3 is 0 Å². The summed E-state index contributed by atoms with van der Waals surface area (Å²) in [6.07, 6.45) is -0.915. The fourth-order valence-corrected chi connectivity index (χ4v) is 3.73. The van der Waals surface area contributed by atoms with E-state index in [1.807, 2.05) is 0 Å². The third kappa shape index (κ3) is 2.08. The van der Waals surface area contributed by atoms with Gasteiger partial charge < -0.3 is 4.74 Å². The molecule has 1 aliphatic carbocycles. The summed E-state index contributed by atoms with van der Waals surface area (Å²) in [6.45, 7) is 3.61. The number of benzene rings is 1. The summed E-state index contributed by atoms with van der Waals surface area (Å²) in [5.74, 6) is -1.24. The molecule has 0 bridgehead atoms. The van der Waals surface area contributed by atoms with Gasteiger partial charge in [-0.1, -0.05) is 45.3 Å². The van der Waals surface area contributed by atoms with E-state index in [4.69, 9.17) is 10.3 Å². The van der Waals surface area contributed by atoms with E-state index in [0.717, 1.165) is 0 Å². The van der Waals surface area contributed by atoms with E-state index in [-0.39, 0.29) is 16.4 Å². The van der Waals surface area contributed by atoms with Gasteiger partial charge in [0, 0.05) is 16.0 Å². The maximum Gasteiger partial charge on any atom is 0.193 e. The summed E-state index contributed by atoms with van der Waals surface area (Å²) >= 11 is 3.47. The number of hydrogen-bond acceptors (Lipinski definition) is 4. The summed E-state index contributed by atoms with van der Waals surface area (Å²) in [6, 6.07) is 6.01. The maximum atomic E-state index is 12.8. The van der Waals surface area contributed by atoms with Crippen molar-refractivity contribution >= 4 is 27.5 Å². The van der Waals surface area contributed by atoms with Gasteiger partial charge in [-0.2, -0.15) is 0 Å². The van der Waals surface area contributed by atoms with Gasteiger partial charge in [0.25, 0.3) is 0 Å². The van der Waals surface area contributed by atoms with Crippen LogP contribution in [0.5, 0.6) is 0 Å². The molecule has 6 nitrogen and oxygen atoms in total. The topological polar surface area (TPSA) is 92.1 Å². The van der Waals surface area contributed by atoms with Crippen LogP contribution in [-0.4, -0.2) is 34.1 Å². The molecule has 0 radical (unpaired) electrons. The molecule has 0 amide bonds. The van der Waals surface area contributed by atoms with Crippen molar-refractivity contribution in [3.8, 4) is 0 Å². The van der Waals surface area contributed by atoms with Crippen LogP contribution in [0.15, 0.2) is 29.4 Å². The molecular formula is C15H14BrN3O3. The number of rotatable bonds is 1. The van der Waals surface area contributed by atoms with Crippen molar-refractivity contribution in [1.82, 2.24) is 0 Å². The molecule has 0 spiro atoms. The van der Waals surface area contributed by atoms with Crippen molar-refractivity contribution in [1.29, 1.82) is 0 Å². The number of halogens is 1. The molecule has 0 aromatic heterocycles. The largest absolute Gasteiger partial charge is 0.362 e. The Kier molecular flexibility index (Phi) is 3.59. The second kappa shape index (κ2) is 5.19. The van der Waals surface area contributed by atoms with Crippen LogP contribution in [0.4, 0.5) is 0 Å². The van der Waals surface area contributed by atoms with Crippen molar-refractivity contribution in [2.45, 2.75) is 36.4 Å². The minimum Gasteiger partial charge on any atom is -0.362 e. The second-order valence-corrected chi connectivity index (χ2v) is 7.03. The summed E-state index contributed by atoms with van der Waals surface area (Å²) in [7, 11) is 0. The van der Waals surface area contributed by atoms with E-state index in [9.17, 15) is 9.59 Å². The highest BCUT2D eigenvalue weighted by molar-refractivity contribution is 9.09. The quantitative estimate of drug-likeness (QED) is 0.331. The van der Waals surface area contributed by atoms with Crippen molar-refractivity contribution in [2.24, 2.45) is 11.0 Å². The average Bonchev–Trinajstić information content (AvgIpc) is 2.49. The molecule has 4 atom stereocenters. The molecule has 1 heterocycles. The molecule has 1 aliphatic heterocycles. The molecule has 0 N–H and O–H groups in total. The van der Waals surface area contributed by atoms with Gasteiger partial charge in [0.05, 0.1) is 22.4 Å². The van der Waals surface area contributed by atoms with E-state index in [1.165, 1.54) is 0 Å². The molecule has 22 heavy (non-hydrogen) atoms. The zero-order valence-electron chi connectivity index (χ0n) is 12.1. The van der Waals surface area contributed by atoms with Gasteiger partial charge in [-0.15, -0.1) is 0 Å². The fourth-order valence-electron chi connectivity index (χ4n) is 3.18. The van der Waals surface area contributed by atoms with Crippen molar-refractivity contribution < 1.29 is 14.3 Å². The van der Waals surface area contributed by atoms with Crippen LogP contribution in [0.2, 0.25) is 0 Å². The van der Waals surface area contributed by atoms with Crippen LogP contribution in [0.25, 0.3) is 10.4 Å². The second-order valence-electron chi connectivity index (χ2n) is 6.04. The maximum absolute atomic E-state index is 12.8. The van der Waals surface area contributed by atoms with Crippen molar-refractivity contribution in [2.75, 3.05) is 0 Å². The highest BCUT2D eigenvalue weighted by atomic mass is 79.9. The Hall–Kier alpha value is -1.69. The van der Waals surface area contributed by atoms with Gasteiger partial charge in [-0.05, 0) is 19.4 Å². The lowest BCUT2D eigenvalue weighted by atomic mass is 9.71. The molecule has 1 aromatic carbocycles. The Bertz CT molecular complexity index is 712. The molecular weight excluding hydrogens is 350 g/mol. The Morgan fingerprint density at radius 3 is 2.41 bits per heavy atom. The van der Waals surface area contributed by atoms with Gasteiger partial charge in [0.1, 0.15) is 6.10 Å². The van der Waals surface area contributed by atoms with Crippen LogP contribution >= 0.6 is 15.9 Å². The number of carbonyl (C=O) groups excluding carboxylic acids is 2. The summed E-state index contributed by atoms with van der Waals surface area (Å²) in [4.78, 5) is 28.0. The zero-order valence-corrected chi connectivity index (χ0v) is 13.6. The lowest BCUT2D eigenvalue weighted by Crippen LogP contribution is -2.62. The Balaban J connectivity index is 2.17. The molecule has 2 aliphatic rings. The highest BCUT2D eigenvalue weighted by Gasteiger charge is 2.56. The van der Waals surface area contributed by atoms with E-state index < -0.39 is 23.7 Å². The number of azide groups is 1. The smallest absolute Gasteiger partial charge is 0.193 e. The van der Waals surface area contributed by atoms with Crippen LogP contribution in [0.3, 0.4) is 0 Å². The van der Waals surface area contributed by atoms with Gasteiger partial charge in [0.2, 0.25) is 0 Å². The Morgan fingerprint density at radius 1 is 1.23 bits per heavy atom. The molecule has 114 valence electrons. The summed E-state index contributed by atoms with van der Waals surface area (Å²) in [5, 5.41) is 3.78. The van der Waals surface area contributed by atoms with E-state index in [0.29, 0.717) is 11.1 Å². The van der Waals surface area contributed by atoms with Crippen LogP contribution < -0.4 is 0 Å². The van der Waals surface area contributed by atoms with Crippen molar-refractivity contribution in [3.63, 3.8) is 0 Å². The lowest BCUT2D eigenvalue weighted by molar-refractivity contribution is -0.108. The highest BCUT2D eigenvalue weighted by Crippen LogP contribution is 2.43.